The first-order valence-electron chi connectivity index (χ1n) is 5.20. The van der Waals surface area contributed by atoms with E-state index >= 15 is 0 Å². The minimum Gasteiger partial charge on any atom is -0.329 e. The third kappa shape index (κ3) is 4.40. The number of aromatic nitrogens is 1. The number of nitrogens with one attached hydrogen (secondary N) is 1. The fourth-order valence-corrected chi connectivity index (χ4v) is 1.13. The SMILES string of the molecule is CCCC/C=C/NC(=O)c1ccncc1. The van der Waals surface area contributed by atoms with E-state index in [-0.39, 0.29) is 5.91 Å². The number of pyridine rings is 1. The fraction of sp³-hybridized carbons (Fsp3) is 0.333. The lowest BCUT2D eigenvalue weighted by molar-refractivity contribution is 0.0970. The van der Waals surface area contributed by atoms with Gasteiger partial charge >= 0.3 is 0 Å². The van der Waals surface area contributed by atoms with Crippen LogP contribution < -0.4 is 5.32 Å². The Kier molecular flexibility index (Phi) is 5.15. The molecule has 0 fully saturated rings. The van der Waals surface area contributed by atoms with Crippen LogP contribution in [0, 0.1) is 0 Å². The monoisotopic (exact) mass is 204 g/mol. The molecule has 0 unspecified atom stereocenters. The van der Waals surface area contributed by atoms with Crippen molar-refractivity contribution in [3.05, 3.63) is 42.4 Å². The fourth-order valence-electron chi connectivity index (χ4n) is 1.13. The molecular weight excluding hydrogens is 188 g/mol. The Balaban J connectivity index is 2.34. The highest BCUT2D eigenvalue weighted by Crippen LogP contribution is 1.96. The number of carbonyl (C=O) groups is 1. The second-order valence-corrected chi connectivity index (χ2v) is 3.25. The third-order valence-electron chi connectivity index (χ3n) is 2.00. The summed E-state index contributed by atoms with van der Waals surface area (Å²) in [4.78, 5) is 15.3. The Bertz CT molecular complexity index is 320. The zero-order valence-electron chi connectivity index (χ0n) is 8.94. The van der Waals surface area contributed by atoms with Crippen LogP contribution in [0.5, 0.6) is 0 Å². The molecular formula is C12H16N2O. The normalized spacial score (nSPS) is 10.5. The standard InChI is InChI=1S/C12H16N2O/c1-2-3-4-5-8-14-12(15)11-6-9-13-10-7-11/h5-10H,2-4H2,1H3,(H,14,15)/b8-5+. The highest BCUT2D eigenvalue weighted by atomic mass is 16.1. The largest absolute Gasteiger partial charge is 0.329 e. The molecule has 1 amide bonds. The number of unbranched alkanes of at least 4 members (excludes halogenated alkanes) is 2. The zero-order chi connectivity index (χ0) is 10.9. The van der Waals surface area contributed by atoms with Crippen LogP contribution >= 0.6 is 0 Å². The Morgan fingerprint density at radius 2 is 2.20 bits per heavy atom. The van der Waals surface area contributed by atoms with Gasteiger partial charge in [-0.2, -0.15) is 0 Å². The van der Waals surface area contributed by atoms with Crippen LogP contribution in [0.15, 0.2) is 36.8 Å². The molecule has 15 heavy (non-hydrogen) atoms. The Hall–Kier alpha value is -1.64. The summed E-state index contributed by atoms with van der Waals surface area (Å²) >= 11 is 0. The molecule has 0 atom stereocenters. The lowest BCUT2D eigenvalue weighted by Crippen LogP contribution is -2.16. The highest BCUT2D eigenvalue weighted by Gasteiger charge is 2.00. The average Bonchev–Trinajstić information content (AvgIpc) is 2.30. The summed E-state index contributed by atoms with van der Waals surface area (Å²) in [6, 6.07) is 3.38. The van der Waals surface area contributed by atoms with E-state index in [2.05, 4.69) is 17.2 Å². The molecule has 1 aromatic heterocycles. The van der Waals surface area contributed by atoms with Crippen LogP contribution in [0.4, 0.5) is 0 Å². The molecule has 0 aliphatic heterocycles. The smallest absolute Gasteiger partial charge is 0.255 e. The topological polar surface area (TPSA) is 42.0 Å². The summed E-state index contributed by atoms with van der Waals surface area (Å²) in [5.74, 6) is -0.0925. The first-order valence-corrected chi connectivity index (χ1v) is 5.20. The van der Waals surface area contributed by atoms with Crippen molar-refractivity contribution in [2.24, 2.45) is 0 Å². The van der Waals surface area contributed by atoms with Crippen molar-refractivity contribution in [2.75, 3.05) is 0 Å². The molecule has 1 rings (SSSR count). The maximum absolute atomic E-state index is 11.5. The van der Waals surface area contributed by atoms with Crippen LogP contribution in [0.3, 0.4) is 0 Å². The molecule has 0 saturated carbocycles. The van der Waals surface area contributed by atoms with Gasteiger partial charge in [-0.15, -0.1) is 0 Å². The van der Waals surface area contributed by atoms with Gasteiger partial charge in [0.15, 0.2) is 0 Å². The molecule has 3 nitrogen and oxygen atoms in total. The van der Waals surface area contributed by atoms with E-state index in [9.17, 15) is 4.79 Å². The van der Waals surface area contributed by atoms with Gasteiger partial charge in [0.1, 0.15) is 0 Å². The van der Waals surface area contributed by atoms with E-state index in [4.69, 9.17) is 0 Å². The van der Waals surface area contributed by atoms with Crippen molar-refractivity contribution in [1.29, 1.82) is 0 Å². The Morgan fingerprint density at radius 3 is 2.87 bits per heavy atom. The van der Waals surface area contributed by atoms with Crippen LogP contribution in [0.25, 0.3) is 0 Å². The predicted molar refractivity (Wildman–Crippen MR) is 60.4 cm³/mol. The van der Waals surface area contributed by atoms with E-state index < -0.39 is 0 Å². The van der Waals surface area contributed by atoms with Crippen molar-refractivity contribution in [2.45, 2.75) is 26.2 Å². The number of hydrogen-bond donors (Lipinski definition) is 1. The van der Waals surface area contributed by atoms with Gasteiger partial charge in [-0.3, -0.25) is 9.78 Å². The first kappa shape index (κ1) is 11.4. The van der Waals surface area contributed by atoms with Gasteiger partial charge in [0, 0.05) is 24.2 Å². The minimum absolute atomic E-state index is 0.0925. The number of hydrogen-bond acceptors (Lipinski definition) is 2. The number of rotatable bonds is 5. The second kappa shape index (κ2) is 6.76. The van der Waals surface area contributed by atoms with Crippen LogP contribution in [0.2, 0.25) is 0 Å². The zero-order valence-corrected chi connectivity index (χ0v) is 8.94. The van der Waals surface area contributed by atoms with Crippen molar-refractivity contribution < 1.29 is 4.79 Å². The molecule has 1 N–H and O–H groups in total. The first-order chi connectivity index (χ1) is 7.34. The minimum atomic E-state index is -0.0925. The van der Waals surface area contributed by atoms with Gasteiger partial charge in [-0.05, 0) is 18.6 Å². The van der Waals surface area contributed by atoms with Crippen molar-refractivity contribution in [3.8, 4) is 0 Å². The van der Waals surface area contributed by atoms with Crippen LogP contribution in [0.1, 0.15) is 36.5 Å². The molecule has 0 saturated heterocycles. The van der Waals surface area contributed by atoms with Crippen molar-refractivity contribution in [3.63, 3.8) is 0 Å². The molecule has 0 radical (unpaired) electrons. The van der Waals surface area contributed by atoms with E-state index in [1.165, 1.54) is 6.42 Å². The predicted octanol–water partition coefficient (Wildman–Crippen LogP) is 2.52. The lowest BCUT2D eigenvalue weighted by Gasteiger charge is -1.98. The van der Waals surface area contributed by atoms with E-state index in [0.717, 1.165) is 12.8 Å². The summed E-state index contributed by atoms with van der Waals surface area (Å²) in [6.45, 7) is 2.14. The molecule has 0 aliphatic rings. The summed E-state index contributed by atoms with van der Waals surface area (Å²) < 4.78 is 0. The molecule has 0 aliphatic carbocycles. The number of amides is 1. The molecule has 0 bridgehead atoms. The Labute approximate surface area is 90.2 Å². The summed E-state index contributed by atoms with van der Waals surface area (Å²) in [7, 11) is 0. The van der Waals surface area contributed by atoms with Gasteiger partial charge in [0.05, 0.1) is 0 Å². The third-order valence-corrected chi connectivity index (χ3v) is 2.00. The average molecular weight is 204 g/mol. The number of nitrogens with zero attached hydrogens (tertiary/aromatic N) is 1. The maximum Gasteiger partial charge on any atom is 0.255 e. The van der Waals surface area contributed by atoms with E-state index in [1.54, 1.807) is 30.7 Å². The molecule has 1 aromatic rings. The quantitative estimate of drug-likeness (QED) is 0.749. The van der Waals surface area contributed by atoms with Crippen LogP contribution in [-0.4, -0.2) is 10.9 Å². The van der Waals surface area contributed by atoms with Gasteiger partial charge in [-0.1, -0.05) is 25.8 Å². The molecule has 0 spiro atoms. The molecule has 1 heterocycles. The number of carbonyl (C=O) groups excluding carboxylic acids is 1. The van der Waals surface area contributed by atoms with Crippen molar-refractivity contribution in [1.82, 2.24) is 10.3 Å². The second-order valence-electron chi connectivity index (χ2n) is 3.25. The summed E-state index contributed by atoms with van der Waals surface area (Å²) in [5, 5.41) is 2.71. The van der Waals surface area contributed by atoms with Gasteiger partial charge < -0.3 is 5.32 Å². The maximum atomic E-state index is 11.5. The molecule has 80 valence electrons. The van der Waals surface area contributed by atoms with Gasteiger partial charge in [-0.25, -0.2) is 0 Å². The Morgan fingerprint density at radius 1 is 1.47 bits per heavy atom. The van der Waals surface area contributed by atoms with E-state index in [0.29, 0.717) is 5.56 Å². The van der Waals surface area contributed by atoms with Crippen molar-refractivity contribution >= 4 is 5.91 Å². The van der Waals surface area contributed by atoms with Gasteiger partial charge in [0.2, 0.25) is 0 Å². The van der Waals surface area contributed by atoms with Gasteiger partial charge in [0.25, 0.3) is 5.91 Å². The number of allylic oxidation sites excluding steroid dienone is 1. The summed E-state index contributed by atoms with van der Waals surface area (Å²) in [6.07, 6.45) is 10.2. The van der Waals surface area contributed by atoms with E-state index in [1.807, 2.05) is 6.08 Å². The molecule has 0 aromatic carbocycles. The lowest BCUT2D eigenvalue weighted by atomic mass is 10.2. The summed E-state index contributed by atoms with van der Waals surface area (Å²) in [5.41, 5.74) is 0.630. The highest BCUT2D eigenvalue weighted by molar-refractivity contribution is 5.94. The molecule has 3 heteroatoms. The van der Waals surface area contributed by atoms with Crippen LogP contribution in [-0.2, 0) is 0 Å².